The van der Waals surface area contributed by atoms with E-state index in [0.717, 1.165) is 15.6 Å². The highest BCUT2D eigenvalue weighted by Crippen LogP contribution is 2.38. The molecule has 0 saturated carbocycles. The Labute approximate surface area is 177 Å². The summed E-state index contributed by atoms with van der Waals surface area (Å²) in [4.78, 5) is 13.4. The quantitative estimate of drug-likeness (QED) is 0.656. The molecule has 0 aromatic carbocycles. The van der Waals surface area contributed by atoms with E-state index in [2.05, 4.69) is 0 Å². The van der Waals surface area contributed by atoms with Gasteiger partial charge >= 0.3 is 6.09 Å². The fourth-order valence-electron chi connectivity index (χ4n) is 3.29. The maximum atomic E-state index is 15.1. The van der Waals surface area contributed by atoms with Gasteiger partial charge in [0.05, 0.1) is 36.2 Å². The number of rotatable bonds is 2. The highest BCUT2D eigenvalue weighted by atomic mass is 35.5. The van der Waals surface area contributed by atoms with Crippen LogP contribution in [-0.4, -0.2) is 73.9 Å². The number of nitrogens with zero attached hydrogens (tertiary/aromatic N) is 2. The van der Waals surface area contributed by atoms with Crippen molar-refractivity contribution in [2.24, 2.45) is 0 Å². The Balaban J connectivity index is 1.84. The molecule has 1 aromatic heterocycles. The summed E-state index contributed by atoms with van der Waals surface area (Å²) in [6.07, 6.45) is -3.12. The fourth-order valence-corrected chi connectivity index (χ4v) is 7.06. The van der Waals surface area contributed by atoms with E-state index in [1.54, 1.807) is 20.8 Å². The van der Waals surface area contributed by atoms with Gasteiger partial charge in [0.15, 0.2) is 0 Å². The Morgan fingerprint density at radius 1 is 1.36 bits per heavy atom. The van der Waals surface area contributed by atoms with Crippen LogP contribution in [0.2, 0.25) is 8.67 Å². The number of hydrogen-bond acceptors (Lipinski definition) is 6. The largest absolute Gasteiger partial charge is 0.444 e. The minimum absolute atomic E-state index is 0.0137. The van der Waals surface area contributed by atoms with Gasteiger partial charge in [-0.25, -0.2) is 17.6 Å². The van der Waals surface area contributed by atoms with Crippen molar-refractivity contribution in [3.8, 4) is 0 Å². The average molecular weight is 475 g/mol. The molecule has 7 nitrogen and oxygen atoms in total. The van der Waals surface area contributed by atoms with Crippen molar-refractivity contribution in [1.29, 1.82) is 0 Å². The molecule has 2 aliphatic heterocycles. The minimum Gasteiger partial charge on any atom is -0.444 e. The molecule has 0 radical (unpaired) electrons. The van der Waals surface area contributed by atoms with Crippen LogP contribution in [0.4, 0.5) is 9.18 Å². The van der Waals surface area contributed by atoms with E-state index in [9.17, 15) is 13.2 Å². The van der Waals surface area contributed by atoms with Gasteiger partial charge in [0.25, 0.3) is 0 Å². The summed E-state index contributed by atoms with van der Waals surface area (Å²) < 4.78 is 53.5. The second-order valence-corrected chi connectivity index (χ2v) is 11.7. The number of piperidine rings is 1. The van der Waals surface area contributed by atoms with Crippen molar-refractivity contribution in [2.75, 3.05) is 26.2 Å². The van der Waals surface area contributed by atoms with Crippen molar-refractivity contribution < 1.29 is 27.1 Å². The Morgan fingerprint density at radius 3 is 2.61 bits per heavy atom. The van der Waals surface area contributed by atoms with E-state index in [0.29, 0.717) is 0 Å². The SMILES string of the molecule is CC(C)(C)OC(=O)N1CC2OCCN(S(=O)(=O)c3cc(Cl)sc3Cl)C2[C@H](F)C1. The molecule has 12 heteroatoms. The summed E-state index contributed by atoms with van der Waals surface area (Å²) in [7, 11) is -4.07. The topological polar surface area (TPSA) is 76.2 Å². The van der Waals surface area contributed by atoms with Gasteiger partial charge in [0.2, 0.25) is 10.0 Å². The predicted octanol–water partition coefficient (Wildman–Crippen LogP) is 3.40. The number of ether oxygens (including phenoxy) is 2. The van der Waals surface area contributed by atoms with Gasteiger partial charge in [-0.3, -0.25) is 0 Å². The zero-order valence-corrected chi connectivity index (χ0v) is 18.7. The summed E-state index contributed by atoms with van der Waals surface area (Å²) in [5, 5.41) is 0. The van der Waals surface area contributed by atoms with Gasteiger partial charge in [0.1, 0.15) is 21.0 Å². The summed E-state index contributed by atoms with van der Waals surface area (Å²) in [5.74, 6) is 0. The second-order valence-electron chi connectivity index (χ2n) is 7.61. The van der Waals surface area contributed by atoms with Crippen LogP contribution in [0.1, 0.15) is 20.8 Å². The zero-order chi connectivity index (χ0) is 20.9. The highest BCUT2D eigenvalue weighted by Gasteiger charge is 2.50. The standard InChI is InChI=1S/C16H21Cl2FN2O5S2/c1-16(2,3)26-15(22)20-7-9(19)13-10(8-20)25-5-4-21(13)28(23,24)11-6-12(17)27-14(11)18/h6,9-10,13H,4-5,7-8H2,1-3H3/t9-,10?,13?/m1/s1. The summed E-state index contributed by atoms with van der Waals surface area (Å²) in [6, 6.07) is 0.199. The van der Waals surface area contributed by atoms with Crippen LogP contribution < -0.4 is 0 Å². The van der Waals surface area contributed by atoms with Crippen LogP contribution in [0.25, 0.3) is 0 Å². The van der Waals surface area contributed by atoms with Gasteiger partial charge in [-0.05, 0) is 26.8 Å². The monoisotopic (exact) mass is 474 g/mol. The molecule has 1 amide bonds. The van der Waals surface area contributed by atoms with E-state index in [1.165, 1.54) is 11.0 Å². The fraction of sp³-hybridized carbons (Fsp3) is 0.688. The van der Waals surface area contributed by atoms with Crippen molar-refractivity contribution in [1.82, 2.24) is 9.21 Å². The smallest absolute Gasteiger partial charge is 0.410 e. The molecular weight excluding hydrogens is 454 g/mol. The lowest BCUT2D eigenvalue weighted by Crippen LogP contribution is -2.66. The Hall–Kier alpha value is -0.650. The van der Waals surface area contributed by atoms with Crippen molar-refractivity contribution in [3.63, 3.8) is 0 Å². The van der Waals surface area contributed by atoms with E-state index < -0.39 is 40.0 Å². The first kappa shape index (κ1) is 22.0. The third kappa shape index (κ3) is 4.41. The summed E-state index contributed by atoms with van der Waals surface area (Å²) in [6.45, 7) is 4.95. The normalized spacial score (nSPS) is 26.8. The second kappa shape index (κ2) is 7.88. The van der Waals surface area contributed by atoms with Crippen molar-refractivity contribution >= 4 is 50.7 Å². The first-order chi connectivity index (χ1) is 12.9. The molecule has 2 aliphatic rings. The summed E-state index contributed by atoms with van der Waals surface area (Å²) in [5.41, 5.74) is -0.725. The number of hydrogen-bond donors (Lipinski definition) is 0. The molecule has 3 atom stereocenters. The zero-order valence-electron chi connectivity index (χ0n) is 15.5. The van der Waals surface area contributed by atoms with Crippen LogP contribution in [0.5, 0.6) is 0 Å². The number of sulfonamides is 1. The molecule has 1 aromatic rings. The van der Waals surface area contributed by atoms with Crippen LogP contribution in [0.15, 0.2) is 11.0 Å². The number of halogens is 3. The van der Waals surface area contributed by atoms with E-state index in [1.807, 2.05) is 0 Å². The number of carbonyl (C=O) groups excluding carboxylic acids is 1. The predicted molar refractivity (Wildman–Crippen MR) is 104 cm³/mol. The lowest BCUT2D eigenvalue weighted by Gasteiger charge is -2.47. The van der Waals surface area contributed by atoms with Gasteiger partial charge in [0, 0.05) is 6.54 Å². The number of fused-ring (bicyclic) bond motifs is 1. The van der Waals surface area contributed by atoms with Crippen LogP contribution in [0, 0.1) is 0 Å². The summed E-state index contributed by atoms with van der Waals surface area (Å²) >= 11 is 12.8. The molecule has 2 unspecified atom stereocenters. The number of likely N-dealkylation sites (tertiary alicyclic amines) is 1. The third-order valence-electron chi connectivity index (χ3n) is 4.39. The molecule has 2 saturated heterocycles. The van der Waals surface area contributed by atoms with E-state index in [-0.39, 0.29) is 39.8 Å². The first-order valence-electron chi connectivity index (χ1n) is 8.60. The van der Waals surface area contributed by atoms with Crippen LogP contribution in [0.3, 0.4) is 0 Å². The highest BCUT2D eigenvalue weighted by molar-refractivity contribution is 7.89. The van der Waals surface area contributed by atoms with Crippen LogP contribution >= 0.6 is 34.5 Å². The van der Waals surface area contributed by atoms with Gasteiger partial charge in [-0.2, -0.15) is 4.31 Å². The molecule has 0 N–H and O–H groups in total. The third-order valence-corrected chi connectivity index (χ3v) is 8.04. The van der Waals surface area contributed by atoms with Gasteiger partial charge in [-0.15, -0.1) is 11.3 Å². The van der Waals surface area contributed by atoms with Crippen LogP contribution in [-0.2, 0) is 19.5 Å². The number of thiophene rings is 1. The molecular formula is C16H21Cl2FN2O5S2. The molecule has 2 fully saturated rings. The Kier molecular flexibility index (Phi) is 6.21. The Morgan fingerprint density at radius 2 is 2.04 bits per heavy atom. The molecule has 0 bridgehead atoms. The molecule has 0 aliphatic carbocycles. The van der Waals surface area contributed by atoms with E-state index in [4.69, 9.17) is 32.7 Å². The molecule has 28 heavy (non-hydrogen) atoms. The van der Waals surface area contributed by atoms with Gasteiger partial charge < -0.3 is 14.4 Å². The number of alkyl halides is 1. The molecule has 3 heterocycles. The van der Waals surface area contributed by atoms with Crippen molar-refractivity contribution in [3.05, 3.63) is 14.7 Å². The van der Waals surface area contributed by atoms with E-state index >= 15 is 4.39 Å². The number of morpholine rings is 1. The lowest BCUT2D eigenvalue weighted by atomic mass is 9.99. The van der Waals surface area contributed by atoms with Gasteiger partial charge in [-0.1, -0.05) is 23.2 Å². The van der Waals surface area contributed by atoms with Crippen molar-refractivity contribution in [2.45, 2.75) is 49.6 Å². The first-order valence-corrected chi connectivity index (χ1v) is 11.6. The Bertz CT molecular complexity index is 858. The lowest BCUT2D eigenvalue weighted by molar-refractivity contribution is -0.105. The molecule has 0 spiro atoms. The molecule has 3 rings (SSSR count). The average Bonchev–Trinajstić information content (AvgIpc) is 2.91. The minimum atomic E-state index is -4.07. The maximum absolute atomic E-state index is 15.1. The number of carbonyl (C=O) groups is 1. The maximum Gasteiger partial charge on any atom is 0.410 e. The molecule has 158 valence electrons. The number of amides is 1.